The second kappa shape index (κ2) is 4.77. The van der Waals surface area contributed by atoms with E-state index >= 15 is 0 Å². The Balaban J connectivity index is 2.11. The van der Waals surface area contributed by atoms with Gasteiger partial charge < -0.3 is 10.1 Å². The van der Waals surface area contributed by atoms with E-state index < -0.39 is 0 Å². The highest BCUT2D eigenvalue weighted by Gasteiger charge is 2.27. The topological polar surface area (TPSA) is 39.1 Å². The maximum Gasteiger partial charge on any atom is 0.0797 e. The smallest absolute Gasteiger partial charge is 0.0797 e. The summed E-state index contributed by atoms with van der Waals surface area (Å²) < 4.78 is 7.29. The van der Waals surface area contributed by atoms with Crippen LogP contribution in [-0.2, 0) is 11.8 Å². The van der Waals surface area contributed by atoms with Crippen LogP contribution in [0.25, 0.3) is 0 Å². The van der Waals surface area contributed by atoms with Crippen molar-refractivity contribution in [2.24, 2.45) is 13.0 Å². The monoisotopic (exact) mass is 209 g/mol. The van der Waals surface area contributed by atoms with Crippen molar-refractivity contribution in [1.29, 1.82) is 0 Å². The van der Waals surface area contributed by atoms with Crippen LogP contribution < -0.4 is 5.32 Å². The molecule has 0 spiro atoms. The summed E-state index contributed by atoms with van der Waals surface area (Å²) in [6.45, 7) is 4.84. The number of nitrogens with zero attached hydrogens (tertiary/aromatic N) is 2. The van der Waals surface area contributed by atoms with Crippen LogP contribution >= 0.6 is 0 Å². The van der Waals surface area contributed by atoms with Gasteiger partial charge >= 0.3 is 0 Å². The quantitative estimate of drug-likeness (QED) is 0.807. The molecule has 2 rings (SSSR count). The van der Waals surface area contributed by atoms with Gasteiger partial charge in [0.05, 0.1) is 18.3 Å². The van der Waals surface area contributed by atoms with Crippen molar-refractivity contribution in [3.8, 4) is 0 Å². The van der Waals surface area contributed by atoms with E-state index in [0.29, 0.717) is 12.0 Å². The van der Waals surface area contributed by atoms with Gasteiger partial charge in [-0.1, -0.05) is 6.92 Å². The molecule has 1 aliphatic rings. The van der Waals surface area contributed by atoms with E-state index in [2.05, 4.69) is 23.4 Å². The second-order valence-electron chi connectivity index (χ2n) is 4.07. The van der Waals surface area contributed by atoms with Crippen molar-refractivity contribution in [3.63, 3.8) is 0 Å². The van der Waals surface area contributed by atoms with Gasteiger partial charge in [0, 0.05) is 25.8 Å². The third-order valence-corrected chi connectivity index (χ3v) is 2.91. The first kappa shape index (κ1) is 10.6. The summed E-state index contributed by atoms with van der Waals surface area (Å²) in [5.74, 6) is 0.569. The van der Waals surface area contributed by atoms with Crippen LogP contribution in [0.5, 0.6) is 0 Å². The van der Waals surface area contributed by atoms with Crippen molar-refractivity contribution in [1.82, 2.24) is 15.1 Å². The lowest BCUT2D eigenvalue weighted by Crippen LogP contribution is -2.29. The van der Waals surface area contributed by atoms with Gasteiger partial charge in [0.15, 0.2) is 0 Å². The first-order chi connectivity index (χ1) is 7.31. The molecule has 1 fully saturated rings. The molecule has 0 radical (unpaired) electrons. The molecular formula is C11H19N3O. The Hall–Kier alpha value is -0.870. The molecule has 4 heteroatoms. The van der Waals surface area contributed by atoms with E-state index in [4.69, 9.17) is 4.74 Å². The number of hydrogen-bond donors (Lipinski definition) is 1. The van der Waals surface area contributed by atoms with E-state index in [0.717, 1.165) is 31.9 Å². The van der Waals surface area contributed by atoms with Gasteiger partial charge in [-0.25, -0.2) is 0 Å². The molecule has 2 unspecified atom stereocenters. The van der Waals surface area contributed by atoms with Gasteiger partial charge in [-0.15, -0.1) is 0 Å². The van der Waals surface area contributed by atoms with Crippen LogP contribution in [0.15, 0.2) is 12.3 Å². The Morgan fingerprint density at radius 1 is 1.73 bits per heavy atom. The Labute approximate surface area is 90.6 Å². The molecule has 0 aromatic carbocycles. The molecule has 0 aliphatic carbocycles. The minimum atomic E-state index is 0.346. The zero-order valence-corrected chi connectivity index (χ0v) is 9.44. The highest BCUT2D eigenvalue weighted by Crippen LogP contribution is 2.27. The third kappa shape index (κ3) is 2.38. The summed E-state index contributed by atoms with van der Waals surface area (Å²) in [5, 5.41) is 7.97. The number of aromatic nitrogens is 2. The molecule has 1 aromatic heterocycles. The lowest BCUT2D eigenvalue weighted by molar-refractivity contribution is 0.176. The molecule has 1 N–H and O–H groups in total. The molecule has 2 heterocycles. The summed E-state index contributed by atoms with van der Waals surface area (Å²) in [6.07, 6.45) is 3.13. The standard InChI is InChI=1S/C11H19N3O/c1-3-12-11(9-5-7-15-8-9)10-4-6-14(2)13-10/h4,6,9,11-12H,3,5,7-8H2,1-2H3. The molecule has 2 atom stereocenters. The van der Waals surface area contributed by atoms with Crippen molar-refractivity contribution in [2.45, 2.75) is 19.4 Å². The summed E-state index contributed by atoms with van der Waals surface area (Å²) in [7, 11) is 1.96. The van der Waals surface area contributed by atoms with Crippen molar-refractivity contribution < 1.29 is 4.74 Å². The van der Waals surface area contributed by atoms with Gasteiger partial charge in [0.25, 0.3) is 0 Å². The van der Waals surface area contributed by atoms with Gasteiger partial charge in [-0.05, 0) is 19.0 Å². The van der Waals surface area contributed by atoms with Crippen molar-refractivity contribution in [3.05, 3.63) is 18.0 Å². The number of ether oxygens (including phenoxy) is 1. The minimum Gasteiger partial charge on any atom is -0.381 e. The van der Waals surface area contributed by atoms with Crippen LogP contribution in [0.2, 0.25) is 0 Å². The maximum atomic E-state index is 5.44. The van der Waals surface area contributed by atoms with E-state index in [1.54, 1.807) is 0 Å². The highest BCUT2D eigenvalue weighted by molar-refractivity contribution is 5.07. The molecule has 0 amide bonds. The van der Waals surface area contributed by atoms with E-state index in [1.807, 2.05) is 17.9 Å². The number of hydrogen-bond acceptors (Lipinski definition) is 3. The zero-order chi connectivity index (χ0) is 10.7. The van der Waals surface area contributed by atoms with Gasteiger partial charge in [0.1, 0.15) is 0 Å². The molecule has 1 saturated heterocycles. The Morgan fingerprint density at radius 2 is 2.60 bits per heavy atom. The fourth-order valence-electron chi connectivity index (χ4n) is 2.15. The summed E-state index contributed by atoms with van der Waals surface area (Å²) >= 11 is 0. The molecule has 84 valence electrons. The lowest BCUT2D eigenvalue weighted by Gasteiger charge is -2.21. The fourth-order valence-corrected chi connectivity index (χ4v) is 2.15. The van der Waals surface area contributed by atoms with E-state index in [1.165, 1.54) is 0 Å². The first-order valence-electron chi connectivity index (χ1n) is 5.62. The summed E-state index contributed by atoms with van der Waals surface area (Å²) in [4.78, 5) is 0. The molecule has 1 aromatic rings. The first-order valence-corrected chi connectivity index (χ1v) is 5.62. The summed E-state index contributed by atoms with van der Waals surface area (Å²) in [5.41, 5.74) is 1.13. The number of rotatable bonds is 4. The second-order valence-corrected chi connectivity index (χ2v) is 4.07. The van der Waals surface area contributed by atoms with Gasteiger partial charge in [0.2, 0.25) is 0 Å². The van der Waals surface area contributed by atoms with Gasteiger partial charge in [-0.3, -0.25) is 4.68 Å². The van der Waals surface area contributed by atoms with Crippen LogP contribution in [0.1, 0.15) is 25.1 Å². The van der Waals surface area contributed by atoms with Crippen LogP contribution in [0, 0.1) is 5.92 Å². The average molecular weight is 209 g/mol. The van der Waals surface area contributed by atoms with Crippen LogP contribution in [0.4, 0.5) is 0 Å². The fraction of sp³-hybridized carbons (Fsp3) is 0.727. The third-order valence-electron chi connectivity index (χ3n) is 2.91. The Bertz CT molecular complexity index is 305. The highest BCUT2D eigenvalue weighted by atomic mass is 16.5. The largest absolute Gasteiger partial charge is 0.381 e. The van der Waals surface area contributed by atoms with Crippen LogP contribution in [-0.4, -0.2) is 29.5 Å². The molecule has 1 aliphatic heterocycles. The normalized spacial score (nSPS) is 23.2. The predicted molar refractivity (Wildman–Crippen MR) is 58.6 cm³/mol. The summed E-state index contributed by atoms with van der Waals surface area (Å²) in [6, 6.07) is 2.43. The lowest BCUT2D eigenvalue weighted by atomic mass is 9.96. The molecule has 0 bridgehead atoms. The molecular weight excluding hydrogens is 190 g/mol. The number of aryl methyl sites for hydroxylation is 1. The predicted octanol–water partition coefficient (Wildman–Crippen LogP) is 1.11. The zero-order valence-electron chi connectivity index (χ0n) is 9.44. The van der Waals surface area contributed by atoms with E-state index in [9.17, 15) is 0 Å². The number of nitrogens with one attached hydrogen (secondary N) is 1. The van der Waals surface area contributed by atoms with Gasteiger partial charge in [-0.2, -0.15) is 5.10 Å². The molecule has 4 nitrogen and oxygen atoms in total. The molecule has 15 heavy (non-hydrogen) atoms. The van der Waals surface area contributed by atoms with Crippen molar-refractivity contribution in [2.75, 3.05) is 19.8 Å². The van der Waals surface area contributed by atoms with Crippen molar-refractivity contribution >= 4 is 0 Å². The Morgan fingerprint density at radius 3 is 3.13 bits per heavy atom. The SMILES string of the molecule is CCNC(c1ccn(C)n1)C1CCOC1. The maximum absolute atomic E-state index is 5.44. The molecule has 0 saturated carbocycles. The average Bonchev–Trinajstić information content (AvgIpc) is 2.85. The Kier molecular flexibility index (Phi) is 3.38. The van der Waals surface area contributed by atoms with Crippen LogP contribution in [0.3, 0.4) is 0 Å². The minimum absolute atomic E-state index is 0.346. The van der Waals surface area contributed by atoms with E-state index in [-0.39, 0.29) is 0 Å².